The van der Waals surface area contributed by atoms with Crippen molar-refractivity contribution in [2.45, 2.75) is 32.8 Å². The van der Waals surface area contributed by atoms with E-state index in [-0.39, 0.29) is 29.1 Å². The molecule has 0 bridgehead atoms. The van der Waals surface area contributed by atoms with E-state index < -0.39 is 0 Å². The lowest BCUT2D eigenvalue weighted by atomic mass is 10.0. The minimum atomic E-state index is -0.358. The Labute approximate surface area is 176 Å². The molecule has 0 saturated carbocycles. The summed E-state index contributed by atoms with van der Waals surface area (Å²) in [6.07, 6.45) is 1.60. The second-order valence-corrected chi connectivity index (χ2v) is 7.04. The zero-order valence-corrected chi connectivity index (χ0v) is 17.1. The number of anilines is 1. The first kappa shape index (κ1) is 21.1. The Hall–Kier alpha value is -3.60. The van der Waals surface area contributed by atoms with E-state index in [0.717, 1.165) is 18.4 Å². The monoisotopic (exact) mass is 403 g/mol. The number of hydrogen-bond acceptors (Lipinski definition) is 4. The Morgan fingerprint density at radius 2 is 1.67 bits per heavy atom. The Bertz CT molecular complexity index is 1030. The molecular weight excluding hydrogens is 378 g/mol. The highest BCUT2D eigenvalue weighted by molar-refractivity contribution is 6.06. The molecule has 0 radical (unpaired) electrons. The summed E-state index contributed by atoms with van der Waals surface area (Å²) >= 11 is 0. The number of rotatable bonds is 8. The zero-order valence-electron chi connectivity index (χ0n) is 17.1. The molecular formula is C25H25NO4. The van der Waals surface area contributed by atoms with Gasteiger partial charge in [0, 0.05) is 11.8 Å². The molecule has 0 aliphatic rings. The largest absolute Gasteiger partial charge is 0.507 e. The molecule has 5 nitrogen and oxygen atoms in total. The summed E-state index contributed by atoms with van der Waals surface area (Å²) in [5, 5.41) is 12.8. The second kappa shape index (κ2) is 9.74. The smallest absolute Gasteiger partial charge is 0.259 e. The summed E-state index contributed by atoms with van der Waals surface area (Å²) < 4.78 is 6.25. The molecule has 2 N–H and O–H groups in total. The van der Waals surface area contributed by atoms with Gasteiger partial charge in [0.15, 0.2) is 5.78 Å². The number of amides is 1. The minimum absolute atomic E-state index is 0.163. The van der Waals surface area contributed by atoms with Crippen molar-refractivity contribution < 1.29 is 19.4 Å². The Morgan fingerprint density at radius 3 is 2.33 bits per heavy atom. The average Bonchev–Trinajstić information content (AvgIpc) is 2.74. The van der Waals surface area contributed by atoms with Crippen LogP contribution >= 0.6 is 0 Å². The third kappa shape index (κ3) is 5.06. The standard InChI is InChI=1S/C25H25NO4/c1-3-9-23(18-10-5-4-6-11-18)30-24-13-8-7-12-21(24)25(29)26-19-14-15-20(17(2)27)22(28)16-19/h4-8,10-16,23,28H,3,9H2,1-2H3,(H,26,29). The number of ether oxygens (including phenoxy) is 1. The molecule has 1 unspecified atom stereocenters. The molecule has 0 saturated heterocycles. The summed E-state index contributed by atoms with van der Waals surface area (Å²) in [4.78, 5) is 24.4. The molecule has 0 aromatic heterocycles. The van der Waals surface area contributed by atoms with E-state index in [1.54, 1.807) is 24.3 Å². The van der Waals surface area contributed by atoms with E-state index in [4.69, 9.17) is 4.74 Å². The maximum Gasteiger partial charge on any atom is 0.259 e. The van der Waals surface area contributed by atoms with E-state index >= 15 is 0 Å². The molecule has 3 aromatic rings. The normalized spacial score (nSPS) is 11.5. The first-order valence-corrected chi connectivity index (χ1v) is 9.95. The molecule has 3 rings (SSSR count). The van der Waals surface area contributed by atoms with Crippen LogP contribution in [0.15, 0.2) is 72.8 Å². The van der Waals surface area contributed by atoms with Gasteiger partial charge in [0.25, 0.3) is 5.91 Å². The number of ketones is 1. The number of carbonyl (C=O) groups excluding carboxylic acids is 2. The van der Waals surface area contributed by atoms with Gasteiger partial charge >= 0.3 is 0 Å². The number of para-hydroxylation sites is 1. The van der Waals surface area contributed by atoms with Crippen LogP contribution in [-0.2, 0) is 0 Å². The van der Waals surface area contributed by atoms with Crippen LogP contribution in [0.3, 0.4) is 0 Å². The number of phenols is 1. The van der Waals surface area contributed by atoms with Crippen molar-refractivity contribution in [2.24, 2.45) is 0 Å². The Kier molecular flexibility index (Phi) is 6.86. The maximum absolute atomic E-state index is 12.9. The van der Waals surface area contributed by atoms with Gasteiger partial charge in [-0.2, -0.15) is 0 Å². The van der Waals surface area contributed by atoms with Gasteiger partial charge in [-0.05, 0) is 43.2 Å². The third-order valence-electron chi connectivity index (χ3n) is 4.76. The maximum atomic E-state index is 12.9. The van der Waals surface area contributed by atoms with Crippen LogP contribution in [0.25, 0.3) is 0 Å². The highest BCUT2D eigenvalue weighted by atomic mass is 16.5. The first-order chi connectivity index (χ1) is 14.5. The quantitative estimate of drug-likeness (QED) is 0.468. The van der Waals surface area contributed by atoms with E-state index in [9.17, 15) is 14.7 Å². The number of carbonyl (C=O) groups is 2. The van der Waals surface area contributed by atoms with Gasteiger partial charge in [-0.1, -0.05) is 55.8 Å². The van der Waals surface area contributed by atoms with Gasteiger partial charge < -0.3 is 15.2 Å². The lowest BCUT2D eigenvalue weighted by Gasteiger charge is -2.21. The van der Waals surface area contributed by atoms with Gasteiger partial charge in [-0.25, -0.2) is 0 Å². The highest BCUT2D eigenvalue weighted by Crippen LogP contribution is 2.29. The molecule has 0 aliphatic carbocycles. The molecule has 30 heavy (non-hydrogen) atoms. The average molecular weight is 403 g/mol. The van der Waals surface area contributed by atoms with E-state index in [1.165, 1.54) is 19.1 Å². The van der Waals surface area contributed by atoms with Crippen molar-refractivity contribution in [3.63, 3.8) is 0 Å². The van der Waals surface area contributed by atoms with Crippen molar-refractivity contribution in [3.8, 4) is 11.5 Å². The molecule has 0 fully saturated rings. The summed E-state index contributed by atoms with van der Waals surface area (Å²) in [5.41, 5.74) is 2.05. The van der Waals surface area contributed by atoms with Gasteiger partial charge in [0.2, 0.25) is 0 Å². The molecule has 0 aliphatic heterocycles. The van der Waals surface area contributed by atoms with Crippen molar-refractivity contribution in [3.05, 3.63) is 89.5 Å². The minimum Gasteiger partial charge on any atom is -0.507 e. The van der Waals surface area contributed by atoms with Crippen molar-refractivity contribution in [1.29, 1.82) is 0 Å². The Morgan fingerprint density at radius 1 is 0.967 bits per heavy atom. The van der Waals surface area contributed by atoms with Crippen LogP contribution in [-0.4, -0.2) is 16.8 Å². The summed E-state index contributed by atoms with van der Waals surface area (Å²) in [6.45, 7) is 3.47. The number of nitrogens with one attached hydrogen (secondary N) is 1. The lowest BCUT2D eigenvalue weighted by molar-refractivity contribution is 0.100. The fourth-order valence-corrected chi connectivity index (χ4v) is 3.24. The molecule has 1 amide bonds. The van der Waals surface area contributed by atoms with Crippen LogP contribution in [0.2, 0.25) is 0 Å². The van der Waals surface area contributed by atoms with Crippen molar-refractivity contribution in [2.75, 3.05) is 5.32 Å². The predicted molar refractivity (Wildman–Crippen MR) is 117 cm³/mol. The summed E-state index contributed by atoms with van der Waals surface area (Å²) in [6, 6.07) is 21.4. The number of benzene rings is 3. The number of hydrogen-bond donors (Lipinski definition) is 2. The third-order valence-corrected chi connectivity index (χ3v) is 4.76. The van der Waals surface area contributed by atoms with Crippen LogP contribution in [0.1, 0.15) is 59.1 Å². The SMILES string of the molecule is CCCC(Oc1ccccc1C(=O)Nc1ccc(C(C)=O)c(O)c1)c1ccccc1. The van der Waals surface area contributed by atoms with Gasteiger partial charge in [0.1, 0.15) is 17.6 Å². The summed E-state index contributed by atoms with van der Waals surface area (Å²) in [5.74, 6) is -0.283. The fourth-order valence-electron chi connectivity index (χ4n) is 3.24. The van der Waals surface area contributed by atoms with Crippen LogP contribution < -0.4 is 10.1 Å². The lowest BCUT2D eigenvalue weighted by Crippen LogP contribution is -2.15. The zero-order chi connectivity index (χ0) is 21.5. The van der Waals surface area contributed by atoms with Gasteiger partial charge in [0.05, 0.1) is 11.1 Å². The molecule has 5 heteroatoms. The number of phenolic OH excluding ortho intramolecular Hbond substituents is 1. The van der Waals surface area contributed by atoms with E-state index in [2.05, 4.69) is 12.2 Å². The van der Waals surface area contributed by atoms with Crippen LogP contribution in [0.4, 0.5) is 5.69 Å². The molecule has 1 atom stereocenters. The first-order valence-electron chi connectivity index (χ1n) is 9.95. The van der Waals surface area contributed by atoms with Crippen molar-refractivity contribution >= 4 is 17.4 Å². The molecule has 0 heterocycles. The molecule has 0 spiro atoms. The molecule has 3 aromatic carbocycles. The molecule has 154 valence electrons. The second-order valence-electron chi connectivity index (χ2n) is 7.04. The van der Waals surface area contributed by atoms with Gasteiger partial charge in [-0.3, -0.25) is 9.59 Å². The topological polar surface area (TPSA) is 75.6 Å². The van der Waals surface area contributed by atoms with Gasteiger partial charge in [-0.15, -0.1) is 0 Å². The van der Waals surface area contributed by atoms with Crippen LogP contribution in [0.5, 0.6) is 11.5 Å². The summed E-state index contributed by atoms with van der Waals surface area (Å²) in [7, 11) is 0. The predicted octanol–water partition coefficient (Wildman–Crippen LogP) is 5.77. The number of aromatic hydroxyl groups is 1. The van der Waals surface area contributed by atoms with E-state index in [1.807, 2.05) is 36.4 Å². The fraction of sp³-hybridized carbons (Fsp3) is 0.200. The Balaban J connectivity index is 1.83. The van der Waals surface area contributed by atoms with Crippen LogP contribution in [0, 0.1) is 0 Å². The number of Topliss-reactive ketones (excluding diaryl/α,β-unsaturated/α-hetero) is 1. The highest BCUT2D eigenvalue weighted by Gasteiger charge is 2.18. The van der Waals surface area contributed by atoms with E-state index in [0.29, 0.717) is 17.0 Å². The van der Waals surface area contributed by atoms with Crippen molar-refractivity contribution in [1.82, 2.24) is 0 Å².